The summed E-state index contributed by atoms with van der Waals surface area (Å²) in [5, 5.41) is 19.0. The van der Waals surface area contributed by atoms with Crippen molar-refractivity contribution < 1.29 is 4.92 Å². The van der Waals surface area contributed by atoms with E-state index in [9.17, 15) is 10.1 Å². The van der Waals surface area contributed by atoms with E-state index in [0.717, 1.165) is 49.4 Å². The molecule has 8 nitrogen and oxygen atoms in total. The second-order valence-corrected chi connectivity index (χ2v) is 6.40. The van der Waals surface area contributed by atoms with Gasteiger partial charge in [-0.3, -0.25) is 10.1 Å². The Bertz CT molecular complexity index is 782. The first kappa shape index (κ1) is 14.2. The molecule has 23 heavy (non-hydrogen) atoms. The molecule has 2 aliphatic rings. The molecule has 8 heteroatoms. The molecule has 2 aromatic heterocycles. The highest BCUT2D eigenvalue weighted by atomic mass is 16.6. The Morgan fingerprint density at radius 3 is 2.96 bits per heavy atom. The molecule has 1 aliphatic heterocycles. The highest BCUT2D eigenvalue weighted by Gasteiger charge is 2.33. The fraction of sp³-hybridized carbons (Fsp3) is 0.600. The van der Waals surface area contributed by atoms with Gasteiger partial charge >= 0.3 is 5.69 Å². The second-order valence-electron chi connectivity index (χ2n) is 6.40. The van der Waals surface area contributed by atoms with Gasteiger partial charge in [-0.25, -0.2) is 4.98 Å². The lowest BCUT2D eigenvalue weighted by molar-refractivity contribution is -0.383. The van der Waals surface area contributed by atoms with Crippen molar-refractivity contribution in [2.24, 2.45) is 0 Å². The Morgan fingerprint density at radius 1 is 1.52 bits per heavy atom. The van der Waals surface area contributed by atoms with E-state index in [1.54, 1.807) is 4.52 Å². The van der Waals surface area contributed by atoms with Crippen LogP contribution in [0.2, 0.25) is 0 Å². The molecule has 1 atom stereocenters. The molecule has 1 saturated carbocycles. The molecule has 122 valence electrons. The quantitative estimate of drug-likeness (QED) is 0.673. The first-order valence-electron chi connectivity index (χ1n) is 8.18. The van der Waals surface area contributed by atoms with Crippen molar-refractivity contribution in [3.63, 3.8) is 0 Å². The van der Waals surface area contributed by atoms with Crippen LogP contribution in [0.1, 0.15) is 38.7 Å². The molecule has 0 amide bonds. The van der Waals surface area contributed by atoms with Crippen molar-refractivity contribution >= 4 is 23.0 Å². The van der Waals surface area contributed by atoms with Gasteiger partial charge in [0.05, 0.1) is 4.92 Å². The summed E-state index contributed by atoms with van der Waals surface area (Å²) in [7, 11) is 0. The van der Waals surface area contributed by atoms with Crippen LogP contribution >= 0.6 is 0 Å². The highest BCUT2D eigenvalue weighted by molar-refractivity contribution is 5.73. The summed E-state index contributed by atoms with van der Waals surface area (Å²) in [6.07, 6.45) is 5.48. The first-order valence-corrected chi connectivity index (χ1v) is 8.18. The third-order valence-electron chi connectivity index (χ3n) is 4.81. The van der Waals surface area contributed by atoms with Crippen molar-refractivity contribution in [2.45, 2.75) is 51.6 Å². The van der Waals surface area contributed by atoms with Crippen LogP contribution in [-0.2, 0) is 6.42 Å². The van der Waals surface area contributed by atoms with Crippen LogP contribution in [0.5, 0.6) is 0 Å². The number of aromatic nitrogens is 3. The van der Waals surface area contributed by atoms with Crippen molar-refractivity contribution in [3.05, 3.63) is 21.9 Å². The molecule has 1 fully saturated rings. The van der Waals surface area contributed by atoms with E-state index < -0.39 is 4.92 Å². The van der Waals surface area contributed by atoms with E-state index in [1.165, 1.54) is 6.20 Å². The lowest BCUT2D eigenvalue weighted by Crippen LogP contribution is -2.32. The van der Waals surface area contributed by atoms with E-state index in [1.807, 2.05) is 0 Å². The Hall–Kier alpha value is -2.38. The largest absolute Gasteiger partial charge is 0.367 e. The average molecular weight is 316 g/mol. The predicted octanol–water partition coefficient (Wildman–Crippen LogP) is 2.37. The predicted molar refractivity (Wildman–Crippen MR) is 87.1 cm³/mol. The molecule has 0 spiro atoms. The van der Waals surface area contributed by atoms with Gasteiger partial charge in [0, 0.05) is 24.2 Å². The summed E-state index contributed by atoms with van der Waals surface area (Å²) < 4.78 is 1.64. The average Bonchev–Trinajstić information content (AvgIpc) is 3.07. The summed E-state index contributed by atoms with van der Waals surface area (Å²) in [5.41, 5.74) is 1.41. The van der Waals surface area contributed by atoms with Crippen molar-refractivity contribution in [3.8, 4) is 0 Å². The van der Waals surface area contributed by atoms with E-state index in [-0.39, 0.29) is 5.69 Å². The minimum absolute atomic E-state index is 0.0392. The lowest BCUT2D eigenvalue weighted by atomic mass is 10.2. The van der Waals surface area contributed by atoms with Gasteiger partial charge in [0.1, 0.15) is 17.8 Å². The fourth-order valence-corrected chi connectivity index (χ4v) is 3.18. The monoisotopic (exact) mass is 316 g/mol. The third kappa shape index (κ3) is 2.20. The number of nitrogens with one attached hydrogen (secondary N) is 1. The molecule has 1 aliphatic carbocycles. The number of fused-ring (bicyclic) bond motifs is 3. The van der Waals surface area contributed by atoms with Gasteiger partial charge in [-0.2, -0.15) is 9.61 Å². The summed E-state index contributed by atoms with van der Waals surface area (Å²) >= 11 is 0. The normalized spacial score (nSPS) is 18.3. The zero-order valence-electron chi connectivity index (χ0n) is 13.3. The van der Waals surface area contributed by atoms with Gasteiger partial charge in [-0.1, -0.05) is 6.92 Å². The van der Waals surface area contributed by atoms with Crippen LogP contribution in [-0.4, -0.2) is 38.1 Å². The fourth-order valence-electron chi connectivity index (χ4n) is 3.18. The highest BCUT2D eigenvalue weighted by Crippen LogP contribution is 2.38. The molecule has 0 saturated heterocycles. The molecule has 0 bridgehead atoms. The van der Waals surface area contributed by atoms with Crippen molar-refractivity contribution in [1.82, 2.24) is 14.6 Å². The SMILES string of the molecule is CCC(C)N1CCc2c(NC3CC3)nc3c([N+](=O)[O-])cnn3c21. The van der Waals surface area contributed by atoms with Crippen LogP contribution in [0.25, 0.3) is 5.65 Å². The van der Waals surface area contributed by atoms with Crippen LogP contribution in [0.3, 0.4) is 0 Å². The number of hydrogen-bond acceptors (Lipinski definition) is 6. The summed E-state index contributed by atoms with van der Waals surface area (Å²) in [5.74, 6) is 1.75. The van der Waals surface area contributed by atoms with Gasteiger partial charge in [-0.15, -0.1) is 0 Å². The maximum Gasteiger partial charge on any atom is 0.333 e. The Kier molecular flexibility index (Phi) is 3.14. The maximum absolute atomic E-state index is 11.3. The topological polar surface area (TPSA) is 88.6 Å². The standard InChI is InChI=1S/C15H20N6O2/c1-3-9(2)19-7-6-11-13(17-10-4-5-10)18-14-12(21(22)23)8-16-20(14)15(11)19/h8-10H,3-7H2,1-2H3,(H,17,18). The van der Waals surface area contributed by atoms with Crippen LogP contribution < -0.4 is 10.2 Å². The van der Waals surface area contributed by atoms with Crippen molar-refractivity contribution in [1.29, 1.82) is 0 Å². The summed E-state index contributed by atoms with van der Waals surface area (Å²) in [4.78, 5) is 17.7. The summed E-state index contributed by atoms with van der Waals surface area (Å²) in [6, 6.07) is 0.813. The minimum atomic E-state index is -0.412. The molecule has 3 heterocycles. The number of anilines is 2. The Balaban J connectivity index is 1.92. The molecular weight excluding hydrogens is 296 g/mol. The van der Waals surface area contributed by atoms with Crippen LogP contribution in [0, 0.1) is 10.1 Å². The zero-order valence-corrected chi connectivity index (χ0v) is 13.3. The molecule has 0 aromatic carbocycles. The smallest absolute Gasteiger partial charge is 0.333 e. The number of rotatable bonds is 5. The van der Waals surface area contributed by atoms with Gasteiger partial charge in [0.2, 0.25) is 5.65 Å². The van der Waals surface area contributed by atoms with Gasteiger partial charge in [0.25, 0.3) is 0 Å². The second kappa shape index (κ2) is 5.07. The van der Waals surface area contributed by atoms with Crippen LogP contribution in [0.4, 0.5) is 17.3 Å². The lowest BCUT2D eigenvalue weighted by Gasteiger charge is -2.26. The van der Waals surface area contributed by atoms with Crippen molar-refractivity contribution in [2.75, 3.05) is 16.8 Å². The number of nitrogens with zero attached hydrogens (tertiary/aromatic N) is 5. The van der Waals surface area contributed by atoms with Gasteiger partial charge in [-0.05, 0) is 32.6 Å². The minimum Gasteiger partial charge on any atom is -0.367 e. The van der Waals surface area contributed by atoms with E-state index in [2.05, 4.69) is 34.1 Å². The summed E-state index contributed by atoms with van der Waals surface area (Å²) in [6.45, 7) is 5.22. The molecule has 4 rings (SSSR count). The van der Waals surface area contributed by atoms with Crippen LogP contribution in [0.15, 0.2) is 6.20 Å². The molecule has 0 radical (unpaired) electrons. The van der Waals surface area contributed by atoms with Gasteiger partial charge in [0.15, 0.2) is 0 Å². The maximum atomic E-state index is 11.3. The molecule has 1 N–H and O–H groups in total. The first-order chi connectivity index (χ1) is 11.1. The Labute approximate surface area is 133 Å². The molecular formula is C15H20N6O2. The number of hydrogen-bond donors (Lipinski definition) is 1. The van der Waals surface area contributed by atoms with Gasteiger partial charge < -0.3 is 10.2 Å². The molecule has 1 unspecified atom stereocenters. The van der Waals surface area contributed by atoms with E-state index >= 15 is 0 Å². The van der Waals surface area contributed by atoms with E-state index in [0.29, 0.717) is 17.7 Å². The third-order valence-corrected chi connectivity index (χ3v) is 4.81. The zero-order chi connectivity index (χ0) is 16.1. The van der Waals surface area contributed by atoms with E-state index in [4.69, 9.17) is 0 Å². The molecule has 2 aromatic rings. The number of nitro groups is 1. The Morgan fingerprint density at radius 2 is 2.30 bits per heavy atom.